The van der Waals surface area contributed by atoms with Gasteiger partial charge in [0.1, 0.15) is 0 Å². The molecule has 3 heteroatoms. The summed E-state index contributed by atoms with van der Waals surface area (Å²) in [6.07, 6.45) is 2.99. The van der Waals surface area contributed by atoms with E-state index in [0.29, 0.717) is 0 Å². The highest BCUT2D eigenvalue weighted by Crippen LogP contribution is 1.92. The molecular formula is C8H20N2S. The predicted octanol–water partition coefficient (Wildman–Crippen LogP) is 0.848. The van der Waals surface area contributed by atoms with Crippen molar-refractivity contribution in [2.75, 3.05) is 39.0 Å². The van der Waals surface area contributed by atoms with E-state index in [9.17, 15) is 0 Å². The summed E-state index contributed by atoms with van der Waals surface area (Å²) < 4.78 is 0. The summed E-state index contributed by atoms with van der Waals surface area (Å²) in [7, 11) is 0. The topological polar surface area (TPSA) is 15.3 Å². The SMILES string of the molecule is CCCN1CCNCC1.CS. The number of piperazine rings is 1. The summed E-state index contributed by atoms with van der Waals surface area (Å²) in [5.74, 6) is 0. The molecule has 0 atom stereocenters. The summed E-state index contributed by atoms with van der Waals surface area (Å²) in [5, 5.41) is 3.33. The minimum absolute atomic E-state index is 1.18. The second-order valence-electron chi connectivity index (χ2n) is 2.59. The second kappa shape index (κ2) is 8.37. The Morgan fingerprint density at radius 1 is 1.27 bits per heavy atom. The lowest BCUT2D eigenvalue weighted by Gasteiger charge is -2.26. The normalized spacial score (nSPS) is 18.8. The van der Waals surface area contributed by atoms with Crippen LogP contribution in [0, 0.1) is 0 Å². The molecule has 1 fully saturated rings. The van der Waals surface area contributed by atoms with Crippen molar-refractivity contribution >= 4 is 12.6 Å². The first kappa shape index (κ1) is 11.3. The molecule has 0 aromatic rings. The van der Waals surface area contributed by atoms with E-state index >= 15 is 0 Å². The number of rotatable bonds is 2. The maximum Gasteiger partial charge on any atom is 0.0107 e. The van der Waals surface area contributed by atoms with Crippen LogP contribution in [0.5, 0.6) is 0 Å². The van der Waals surface area contributed by atoms with E-state index < -0.39 is 0 Å². The molecule has 1 N–H and O–H groups in total. The Labute approximate surface area is 75.8 Å². The van der Waals surface area contributed by atoms with Crippen LogP contribution in [0.25, 0.3) is 0 Å². The van der Waals surface area contributed by atoms with Gasteiger partial charge < -0.3 is 10.2 Å². The summed E-state index contributed by atoms with van der Waals surface area (Å²) >= 11 is 3.53. The first-order valence-electron chi connectivity index (χ1n) is 4.31. The standard InChI is InChI=1S/C7H16N2.CH4S/c1-2-5-9-6-3-8-4-7-9;1-2/h8H,2-7H2,1H3;2H,1H3. The van der Waals surface area contributed by atoms with E-state index in [2.05, 4.69) is 29.8 Å². The molecule has 0 aliphatic carbocycles. The molecule has 1 heterocycles. The van der Waals surface area contributed by atoms with E-state index in [-0.39, 0.29) is 0 Å². The molecule has 0 radical (unpaired) electrons. The van der Waals surface area contributed by atoms with Crippen molar-refractivity contribution < 1.29 is 0 Å². The summed E-state index contributed by atoms with van der Waals surface area (Å²) in [5.41, 5.74) is 0. The quantitative estimate of drug-likeness (QED) is 0.606. The molecule has 0 amide bonds. The molecule has 2 nitrogen and oxygen atoms in total. The zero-order chi connectivity index (χ0) is 8.53. The van der Waals surface area contributed by atoms with Crippen molar-refractivity contribution in [1.82, 2.24) is 10.2 Å². The van der Waals surface area contributed by atoms with Crippen LogP contribution < -0.4 is 5.32 Å². The highest BCUT2D eigenvalue weighted by atomic mass is 32.1. The lowest BCUT2D eigenvalue weighted by atomic mass is 10.3. The molecule has 0 spiro atoms. The summed E-state index contributed by atoms with van der Waals surface area (Å²) in [6.45, 7) is 8.37. The second-order valence-corrected chi connectivity index (χ2v) is 2.59. The number of nitrogens with one attached hydrogen (secondary N) is 1. The van der Waals surface area contributed by atoms with Crippen LogP contribution in [-0.4, -0.2) is 43.9 Å². The van der Waals surface area contributed by atoms with Gasteiger partial charge in [-0.3, -0.25) is 0 Å². The molecule has 1 rings (SSSR count). The molecule has 0 aromatic carbocycles. The van der Waals surface area contributed by atoms with E-state index in [1.165, 1.54) is 39.1 Å². The van der Waals surface area contributed by atoms with Gasteiger partial charge in [0.05, 0.1) is 0 Å². The van der Waals surface area contributed by atoms with Gasteiger partial charge in [-0.05, 0) is 19.2 Å². The van der Waals surface area contributed by atoms with Crippen molar-refractivity contribution in [3.05, 3.63) is 0 Å². The van der Waals surface area contributed by atoms with Crippen LogP contribution in [-0.2, 0) is 0 Å². The van der Waals surface area contributed by atoms with Crippen LogP contribution in [0.1, 0.15) is 13.3 Å². The van der Waals surface area contributed by atoms with E-state index in [0.717, 1.165) is 0 Å². The zero-order valence-electron chi connectivity index (χ0n) is 7.64. The van der Waals surface area contributed by atoms with Gasteiger partial charge in [0.25, 0.3) is 0 Å². The first-order chi connectivity index (χ1) is 5.43. The third kappa shape index (κ3) is 5.53. The Balaban J connectivity index is 0.000000461. The Hall–Kier alpha value is 0.270. The van der Waals surface area contributed by atoms with Crippen molar-refractivity contribution in [3.8, 4) is 0 Å². The molecule has 0 saturated carbocycles. The van der Waals surface area contributed by atoms with Gasteiger partial charge in [-0.2, -0.15) is 12.6 Å². The Morgan fingerprint density at radius 3 is 2.27 bits per heavy atom. The van der Waals surface area contributed by atoms with Crippen LogP contribution in [0.4, 0.5) is 0 Å². The fourth-order valence-electron chi connectivity index (χ4n) is 1.25. The van der Waals surface area contributed by atoms with Gasteiger partial charge in [-0.15, -0.1) is 0 Å². The highest BCUT2D eigenvalue weighted by Gasteiger charge is 2.06. The monoisotopic (exact) mass is 176 g/mol. The third-order valence-corrected chi connectivity index (χ3v) is 1.75. The fraction of sp³-hybridized carbons (Fsp3) is 1.00. The number of hydrogen-bond donors (Lipinski definition) is 2. The van der Waals surface area contributed by atoms with Gasteiger partial charge in [-0.1, -0.05) is 6.92 Å². The van der Waals surface area contributed by atoms with Crippen LogP contribution in [0.3, 0.4) is 0 Å². The first-order valence-corrected chi connectivity index (χ1v) is 5.20. The Bertz CT molecular complexity index is 69.7. The van der Waals surface area contributed by atoms with Crippen molar-refractivity contribution in [1.29, 1.82) is 0 Å². The lowest BCUT2D eigenvalue weighted by molar-refractivity contribution is 0.241. The van der Waals surface area contributed by atoms with E-state index in [1.807, 2.05) is 0 Å². The van der Waals surface area contributed by atoms with Crippen molar-refractivity contribution in [2.24, 2.45) is 0 Å². The van der Waals surface area contributed by atoms with Gasteiger partial charge in [-0.25, -0.2) is 0 Å². The molecule has 0 bridgehead atoms. The average molecular weight is 176 g/mol. The van der Waals surface area contributed by atoms with Gasteiger partial charge in [0.15, 0.2) is 0 Å². The molecule has 68 valence electrons. The largest absolute Gasteiger partial charge is 0.314 e. The minimum atomic E-state index is 1.18. The maximum absolute atomic E-state index is 3.53. The molecule has 1 saturated heterocycles. The van der Waals surface area contributed by atoms with Gasteiger partial charge in [0, 0.05) is 26.2 Å². The molecular weight excluding hydrogens is 156 g/mol. The molecule has 1 aliphatic heterocycles. The minimum Gasteiger partial charge on any atom is -0.314 e. The predicted molar refractivity (Wildman–Crippen MR) is 54.5 cm³/mol. The van der Waals surface area contributed by atoms with Crippen LogP contribution >= 0.6 is 12.6 Å². The number of nitrogens with zero attached hydrogens (tertiary/aromatic N) is 1. The van der Waals surface area contributed by atoms with Crippen molar-refractivity contribution in [2.45, 2.75) is 13.3 Å². The van der Waals surface area contributed by atoms with Gasteiger partial charge >= 0.3 is 0 Å². The van der Waals surface area contributed by atoms with Crippen molar-refractivity contribution in [3.63, 3.8) is 0 Å². The average Bonchev–Trinajstić information content (AvgIpc) is 2.11. The lowest BCUT2D eigenvalue weighted by Crippen LogP contribution is -2.43. The maximum atomic E-state index is 3.53. The summed E-state index contributed by atoms with van der Waals surface area (Å²) in [4.78, 5) is 2.51. The van der Waals surface area contributed by atoms with Crippen LogP contribution in [0.15, 0.2) is 0 Å². The zero-order valence-corrected chi connectivity index (χ0v) is 8.53. The number of hydrogen-bond acceptors (Lipinski definition) is 3. The molecule has 1 aliphatic rings. The fourth-order valence-corrected chi connectivity index (χ4v) is 1.25. The Kier molecular flexibility index (Phi) is 8.57. The molecule has 11 heavy (non-hydrogen) atoms. The van der Waals surface area contributed by atoms with Crippen LogP contribution in [0.2, 0.25) is 0 Å². The molecule has 0 aromatic heterocycles. The Morgan fingerprint density at radius 2 is 1.82 bits per heavy atom. The molecule has 0 unspecified atom stereocenters. The van der Waals surface area contributed by atoms with E-state index in [4.69, 9.17) is 0 Å². The van der Waals surface area contributed by atoms with Gasteiger partial charge in [0.2, 0.25) is 0 Å². The van der Waals surface area contributed by atoms with E-state index in [1.54, 1.807) is 6.26 Å². The highest BCUT2D eigenvalue weighted by molar-refractivity contribution is 7.79. The smallest absolute Gasteiger partial charge is 0.0107 e. The number of thiol groups is 1. The third-order valence-electron chi connectivity index (χ3n) is 1.75. The summed E-state index contributed by atoms with van der Waals surface area (Å²) in [6, 6.07) is 0.